The van der Waals surface area contributed by atoms with E-state index in [1.54, 1.807) is 6.07 Å². The van der Waals surface area contributed by atoms with Crippen molar-refractivity contribution in [3.8, 4) is 0 Å². The molecule has 0 radical (unpaired) electrons. The van der Waals surface area contributed by atoms with E-state index in [2.05, 4.69) is 0 Å². The Bertz CT molecular complexity index is 789. The van der Waals surface area contributed by atoms with Crippen molar-refractivity contribution in [3.63, 3.8) is 0 Å². The molecule has 0 fully saturated rings. The number of hydrogen-bond donors (Lipinski definition) is 2. The number of hydrogen-bond acceptors (Lipinski definition) is 1. The van der Waals surface area contributed by atoms with Crippen molar-refractivity contribution in [2.75, 3.05) is 0 Å². The Morgan fingerprint density at radius 3 is 2.06 bits per heavy atom. The first-order valence-corrected chi connectivity index (χ1v) is 7.14. The Kier molecular flexibility index (Phi) is 2.49. The highest BCUT2D eigenvalue weighted by Crippen LogP contribution is 2.37. The van der Waals surface area contributed by atoms with Crippen molar-refractivity contribution in [1.29, 1.82) is 0 Å². The SMILES string of the molecule is O=P(O)(O)c1cccc2cc3ccccc3cc12. The fourth-order valence-electron chi connectivity index (χ4n) is 2.20. The largest absolute Gasteiger partial charge is 0.356 e. The van der Waals surface area contributed by atoms with Crippen LogP contribution in [-0.2, 0) is 4.57 Å². The minimum Gasteiger partial charge on any atom is -0.321 e. The summed E-state index contributed by atoms with van der Waals surface area (Å²) in [5.41, 5.74) is 0. The van der Waals surface area contributed by atoms with Gasteiger partial charge in [-0.25, -0.2) is 0 Å². The van der Waals surface area contributed by atoms with E-state index in [1.165, 1.54) is 6.07 Å². The first kappa shape index (κ1) is 11.4. The van der Waals surface area contributed by atoms with Crippen LogP contribution < -0.4 is 5.30 Å². The molecule has 0 heterocycles. The van der Waals surface area contributed by atoms with Gasteiger partial charge in [-0.2, -0.15) is 0 Å². The summed E-state index contributed by atoms with van der Waals surface area (Å²) in [6, 6.07) is 16.6. The van der Waals surface area contributed by atoms with Crippen molar-refractivity contribution in [2.45, 2.75) is 0 Å². The molecule has 3 aromatic rings. The summed E-state index contributed by atoms with van der Waals surface area (Å²) >= 11 is 0. The van der Waals surface area contributed by atoms with E-state index in [0.717, 1.165) is 16.2 Å². The Labute approximate surface area is 104 Å². The van der Waals surface area contributed by atoms with E-state index in [9.17, 15) is 14.4 Å². The summed E-state index contributed by atoms with van der Waals surface area (Å²) in [5, 5.41) is 3.59. The zero-order valence-electron chi connectivity index (χ0n) is 9.45. The van der Waals surface area contributed by atoms with Gasteiger partial charge in [-0.1, -0.05) is 36.4 Å². The van der Waals surface area contributed by atoms with Crippen LogP contribution in [0.25, 0.3) is 21.5 Å². The number of fused-ring (bicyclic) bond motifs is 2. The van der Waals surface area contributed by atoms with Crippen LogP contribution >= 0.6 is 7.60 Å². The molecule has 0 aliphatic rings. The molecule has 0 unspecified atom stereocenters. The van der Waals surface area contributed by atoms with Crippen LogP contribution in [0.3, 0.4) is 0 Å². The molecule has 0 aliphatic carbocycles. The zero-order valence-corrected chi connectivity index (χ0v) is 10.3. The molecule has 3 aromatic carbocycles. The van der Waals surface area contributed by atoms with Gasteiger partial charge in [0.2, 0.25) is 0 Å². The minimum atomic E-state index is -4.24. The molecular formula is C14H11O3P. The molecule has 0 saturated carbocycles. The lowest BCUT2D eigenvalue weighted by Gasteiger charge is -2.09. The molecule has 0 aromatic heterocycles. The number of benzene rings is 3. The van der Waals surface area contributed by atoms with Crippen molar-refractivity contribution in [3.05, 3.63) is 54.6 Å². The zero-order chi connectivity index (χ0) is 12.8. The molecule has 90 valence electrons. The Morgan fingerprint density at radius 2 is 1.39 bits per heavy atom. The molecule has 3 rings (SSSR count). The van der Waals surface area contributed by atoms with Gasteiger partial charge in [0.05, 0.1) is 5.30 Å². The van der Waals surface area contributed by atoms with Crippen LogP contribution in [0.4, 0.5) is 0 Å². The highest BCUT2D eigenvalue weighted by molar-refractivity contribution is 7.60. The number of rotatable bonds is 1. The standard InChI is InChI=1S/C14H11O3P/c15-18(16,17)14-7-3-6-12-8-10-4-1-2-5-11(10)9-13(12)14/h1-9H,(H2,15,16,17). The second-order valence-electron chi connectivity index (χ2n) is 4.24. The predicted octanol–water partition coefficient (Wildman–Crippen LogP) is 2.80. The van der Waals surface area contributed by atoms with E-state index in [1.807, 2.05) is 42.5 Å². The third-order valence-corrected chi connectivity index (χ3v) is 4.06. The molecule has 2 N–H and O–H groups in total. The van der Waals surface area contributed by atoms with Crippen molar-refractivity contribution in [1.82, 2.24) is 0 Å². The highest BCUT2D eigenvalue weighted by Gasteiger charge is 2.19. The quantitative estimate of drug-likeness (QED) is 0.521. The van der Waals surface area contributed by atoms with Gasteiger partial charge in [-0.15, -0.1) is 0 Å². The van der Waals surface area contributed by atoms with Crippen molar-refractivity contribution >= 4 is 34.4 Å². The summed E-state index contributed by atoms with van der Waals surface area (Å²) < 4.78 is 11.5. The van der Waals surface area contributed by atoms with E-state index >= 15 is 0 Å². The first-order chi connectivity index (χ1) is 8.55. The summed E-state index contributed by atoms with van der Waals surface area (Å²) in [6.45, 7) is 0. The van der Waals surface area contributed by atoms with E-state index in [4.69, 9.17) is 0 Å². The lowest BCUT2D eigenvalue weighted by atomic mass is 10.0. The van der Waals surface area contributed by atoms with Gasteiger partial charge in [0.25, 0.3) is 0 Å². The van der Waals surface area contributed by atoms with Crippen molar-refractivity contribution in [2.24, 2.45) is 0 Å². The molecule has 0 bridgehead atoms. The fraction of sp³-hybridized carbons (Fsp3) is 0. The van der Waals surface area contributed by atoms with Crippen LogP contribution in [-0.4, -0.2) is 9.79 Å². The lowest BCUT2D eigenvalue weighted by Crippen LogP contribution is -2.04. The smallest absolute Gasteiger partial charge is 0.321 e. The minimum absolute atomic E-state index is 0.0887. The summed E-state index contributed by atoms with van der Waals surface area (Å²) in [4.78, 5) is 18.7. The van der Waals surface area contributed by atoms with Gasteiger partial charge in [0, 0.05) is 0 Å². The predicted molar refractivity (Wildman–Crippen MR) is 73.1 cm³/mol. The van der Waals surface area contributed by atoms with Crippen LogP contribution in [0.1, 0.15) is 0 Å². The molecule has 18 heavy (non-hydrogen) atoms. The molecule has 0 aliphatic heterocycles. The second kappa shape index (κ2) is 3.92. The van der Waals surface area contributed by atoms with Gasteiger partial charge in [0.1, 0.15) is 0 Å². The average molecular weight is 258 g/mol. The van der Waals surface area contributed by atoms with E-state index in [0.29, 0.717) is 5.39 Å². The molecule has 0 spiro atoms. The fourth-order valence-corrected chi connectivity index (χ4v) is 2.99. The van der Waals surface area contributed by atoms with Gasteiger partial charge >= 0.3 is 7.60 Å². The van der Waals surface area contributed by atoms with Gasteiger partial charge in [0.15, 0.2) is 0 Å². The van der Waals surface area contributed by atoms with Crippen LogP contribution in [0.15, 0.2) is 54.6 Å². The summed E-state index contributed by atoms with van der Waals surface area (Å²) in [7, 11) is -4.24. The van der Waals surface area contributed by atoms with Crippen LogP contribution in [0, 0.1) is 0 Å². The van der Waals surface area contributed by atoms with Crippen LogP contribution in [0.5, 0.6) is 0 Å². The molecule has 3 nitrogen and oxygen atoms in total. The van der Waals surface area contributed by atoms with Gasteiger partial charge in [-0.3, -0.25) is 4.57 Å². The van der Waals surface area contributed by atoms with Gasteiger partial charge in [-0.05, 0) is 39.7 Å². The maximum Gasteiger partial charge on any atom is 0.356 e. The third kappa shape index (κ3) is 1.83. The van der Waals surface area contributed by atoms with Gasteiger partial charge < -0.3 is 9.79 Å². The maximum absolute atomic E-state index is 11.5. The molecule has 0 saturated heterocycles. The Hall–Kier alpha value is -1.67. The molecule has 0 atom stereocenters. The van der Waals surface area contributed by atoms with E-state index < -0.39 is 7.60 Å². The third-order valence-electron chi connectivity index (χ3n) is 3.04. The van der Waals surface area contributed by atoms with E-state index in [-0.39, 0.29) is 5.30 Å². The second-order valence-corrected chi connectivity index (χ2v) is 5.81. The Balaban J connectivity index is 2.47. The molecule has 4 heteroatoms. The lowest BCUT2D eigenvalue weighted by molar-refractivity contribution is 0.388. The van der Waals surface area contributed by atoms with Crippen LogP contribution in [0.2, 0.25) is 0 Å². The maximum atomic E-state index is 11.5. The topological polar surface area (TPSA) is 57.5 Å². The average Bonchev–Trinajstić information content (AvgIpc) is 2.34. The monoisotopic (exact) mass is 258 g/mol. The Morgan fingerprint density at radius 1 is 0.778 bits per heavy atom. The summed E-state index contributed by atoms with van der Waals surface area (Å²) in [5.74, 6) is 0. The van der Waals surface area contributed by atoms with Crippen molar-refractivity contribution < 1.29 is 14.4 Å². The summed E-state index contributed by atoms with van der Waals surface area (Å²) in [6.07, 6.45) is 0. The highest BCUT2D eigenvalue weighted by atomic mass is 31.2. The molecule has 0 amide bonds. The first-order valence-electron chi connectivity index (χ1n) is 5.53. The normalized spacial score (nSPS) is 12.1. The molecular weight excluding hydrogens is 247 g/mol.